The van der Waals surface area contributed by atoms with Gasteiger partial charge in [-0.2, -0.15) is 0 Å². The largest absolute Gasteiger partial charge is 0.350 e. The maximum absolute atomic E-state index is 11.5. The van der Waals surface area contributed by atoms with Crippen molar-refractivity contribution in [3.63, 3.8) is 0 Å². The Morgan fingerprint density at radius 3 is 2.79 bits per heavy atom. The fourth-order valence-electron chi connectivity index (χ4n) is 2.72. The quantitative estimate of drug-likeness (QED) is 0.915. The van der Waals surface area contributed by atoms with Gasteiger partial charge in [0.25, 0.3) is 0 Å². The maximum Gasteiger partial charge on any atom is 0.220 e. The lowest BCUT2D eigenvalue weighted by molar-refractivity contribution is -0.119. The van der Waals surface area contributed by atoms with E-state index in [1.165, 1.54) is 0 Å². The van der Waals surface area contributed by atoms with Crippen LogP contribution in [-0.4, -0.2) is 21.4 Å². The molecule has 0 spiro atoms. The Hall–Kier alpha value is -1.97. The van der Waals surface area contributed by atoms with Crippen molar-refractivity contribution in [2.45, 2.75) is 38.1 Å². The summed E-state index contributed by atoms with van der Waals surface area (Å²) < 4.78 is 0. The molecule has 1 fully saturated rings. The number of fused-ring (bicyclic) bond motifs is 1. The van der Waals surface area contributed by atoms with Gasteiger partial charge in [-0.1, -0.05) is 19.1 Å². The van der Waals surface area contributed by atoms with E-state index in [-0.39, 0.29) is 11.4 Å². The van der Waals surface area contributed by atoms with Crippen LogP contribution in [0.5, 0.6) is 0 Å². The molecule has 1 unspecified atom stereocenters. The molecule has 1 aliphatic rings. The van der Waals surface area contributed by atoms with Crippen LogP contribution >= 0.6 is 0 Å². The van der Waals surface area contributed by atoms with Gasteiger partial charge in [0.05, 0.1) is 16.7 Å². The van der Waals surface area contributed by atoms with Gasteiger partial charge in [0.1, 0.15) is 0 Å². The molecule has 0 saturated carbocycles. The Balaban J connectivity index is 1.90. The fourth-order valence-corrected chi connectivity index (χ4v) is 2.72. The molecule has 0 bridgehead atoms. The monoisotopic (exact) mass is 255 g/mol. The summed E-state index contributed by atoms with van der Waals surface area (Å²) in [6, 6.07) is 7.85. The Kier molecular flexibility index (Phi) is 2.93. The van der Waals surface area contributed by atoms with E-state index in [1.807, 2.05) is 30.5 Å². The molecule has 0 radical (unpaired) electrons. The second-order valence-electron chi connectivity index (χ2n) is 5.21. The zero-order chi connectivity index (χ0) is 13.3. The smallest absolute Gasteiger partial charge is 0.220 e. The fraction of sp³-hybridized carbons (Fsp3) is 0.400. The van der Waals surface area contributed by atoms with E-state index in [0.717, 1.165) is 36.0 Å². The second kappa shape index (κ2) is 4.61. The van der Waals surface area contributed by atoms with E-state index in [4.69, 9.17) is 0 Å². The average Bonchev–Trinajstić information content (AvgIpc) is 2.80. The number of carbonyl (C=O) groups excluding carboxylic acids is 1. The van der Waals surface area contributed by atoms with Crippen molar-refractivity contribution in [1.29, 1.82) is 0 Å². The highest BCUT2D eigenvalue weighted by atomic mass is 16.2. The summed E-state index contributed by atoms with van der Waals surface area (Å²) in [4.78, 5) is 20.5. The molecule has 2 heterocycles. The lowest BCUT2D eigenvalue weighted by Crippen LogP contribution is -2.43. The first-order valence-corrected chi connectivity index (χ1v) is 6.72. The Morgan fingerprint density at radius 2 is 2.11 bits per heavy atom. The normalized spacial score (nSPS) is 22.7. The van der Waals surface area contributed by atoms with E-state index >= 15 is 0 Å². The van der Waals surface area contributed by atoms with Gasteiger partial charge in [-0.25, -0.2) is 4.98 Å². The van der Waals surface area contributed by atoms with Gasteiger partial charge in [0.15, 0.2) is 0 Å². The molecular formula is C15H17N3O. The molecule has 1 aromatic carbocycles. The number of nitrogens with zero attached hydrogens (tertiary/aromatic N) is 2. The van der Waals surface area contributed by atoms with Crippen LogP contribution in [0.15, 0.2) is 30.5 Å². The molecule has 4 heteroatoms. The number of para-hydroxylation sites is 2. The van der Waals surface area contributed by atoms with Crippen LogP contribution in [0.25, 0.3) is 11.0 Å². The van der Waals surface area contributed by atoms with Crippen LogP contribution in [0.4, 0.5) is 0 Å². The van der Waals surface area contributed by atoms with Gasteiger partial charge in [-0.3, -0.25) is 9.78 Å². The summed E-state index contributed by atoms with van der Waals surface area (Å²) in [5, 5.41) is 3.11. The van der Waals surface area contributed by atoms with Gasteiger partial charge >= 0.3 is 0 Å². The molecule has 1 amide bonds. The number of rotatable bonds is 3. The number of amides is 1. The average molecular weight is 255 g/mol. The van der Waals surface area contributed by atoms with E-state index in [9.17, 15) is 4.79 Å². The third-order valence-corrected chi connectivity index (χ3v) is 3.93. The van der Waals surface area contributed by atoms with Crippen LogP contribution in [-0.2, 0) is 11.2 Å². The summed E-state index contributed by atoms with van der Waals surface area (Å²) in [6.45, 7) is 2.11. The first-order chi connectivity index (χ1) is 9.21. The molecule has 19 heavy (non-hydrogen) atoms. The van der Waals surface area contributed by atoms with Crippen molar-refractivity contribution in [2.24, 2.45) is 0 Å². The van der Waals surface area contributed by atoms with Crippen molar-refractivity contribution < 1.29 is 4.79 Å². The summed E-state index contributed by atoms with van der Waals surface area (Å²) in [7, 11) is 0. The molecule has 2 aromatic rings. The molecule has 4 nitrogen and oxygen atoms in total. The molecule has 98 valence electrons. The Bertz CT molecular complexity index is 626. The number of carbonyl (C=O) groups is 1. The van der Waals surface area contributed by atoms with Crippen LogP contribution in [0.2, 0.25) is 0 Å². The maximum atomic E-state index is 11.5. The van der Waals surface area contributed by atoms with E-state index < -0.39 is 0 Å². The second-order valence-corrected chi connectivity index (χ2v) is 5.21. The highest BCUT2D eigenvalue weighted by Crippen LogP contribution is 2.27. The standard InChI is InChI=1S/C15H17N3O/c1-2-15(8-7-14(19)18-15)9-11-10-16-12-5-3-4-6-13(12)17-11/h3-6,10H,2,7-9H2,1H3,(H,18,19). The molecule has 1 aromatic heterocycles. The lowest BCUT2D eigenvalue weighted by atomic mass is 9.89. The predicted octanol–water partition coefficient (Wildman–Crippen LogP) is 2.23. The van der Waals surface area contributed by atoms with Gasteiger partial charge < -0.3 is 5.32 Å². The Morgan fingerprint density at radius 1 is 1.32 bits per heavy atom. The van der Waals surface area contributed by atoms with Crippen molar-refractivity contribution in [3.8, 4) is 0 Å². The highest BCUT2D eigenvalue weighted by molar-refractivity contribution is 5.79. The van der Waals surface area contributed by atoms with Crippen LogP contribution in [0, 0.1) is 0 Å². The zero-order valence-electron chi connectivity index (χ0n) is 11.0. The van der Waals surface area contributed by atoms with Crippen molar-refractivity contribution in [2.75, 3.05) is 0 Å². The number of hydrogen-bond acceptors (Lipinski definition) is 3. The topological polar surface area (TPSA) is 54.9 Å². The third kappa shape index (κ3) is 2.30. The summed E-state index contributed by atoms with van der Waals surface area (Å²) >= 11 is 0. The number of nitrogens with one attached hydrogen (secondary N) is 1. The molecule has 1 atom stereocenters. The number of hydrogen-bond donors (Lipinski definition) is 1. The van der Waals surface area contributed by atoms with Gasteiger partial charge in [-0.15, -0.1) is 0 Å². The van der Waals surface area contributed by atoms with Gasteiger partial charge in [0, 0.05) is 24.6 Å². The SMILES string of the molecule is CCC1(Cc2cnc3ccccc3n2)CCC(=O)N1. The summed E-state index contributed by atoms with van der Waals surface area (Å²) in [5.74, 6) is 0.149. The molecular weight excluding hydrogens is 238 g/mol. The molecule has 1 aliphatic heterocycles. The molecule has 0 aliphatic carbocycles. The summed E-state index contributed by atoms with van der Waals surface area (Å²) in [6.07, 6.45) is 5.01. The Labute approximate surface area is 112 Å². The predicted molar refractivity (Wildman–Crippen MR) is 73.6 cm³/mol. The first kappa shape index (κ1) is 12.1. The molecule has 1 N–H and O–H groups in total. The number of aromatic nitrogens is 2. The van der Waals surface area contributed by atoms with Crippen molar-refractivity contribution >= 4 is 16.9 Å². The lowest BCUT2D eigenvalue weighted by Gasteiger charge is -2.27. The van der Waals surface area contributed by atoms with Crippen LogP contribution in [0.3, 0.4) is 0 Å². The minimum Gasteiger partial charge on any atom is -0.350 e. The van der Waals surface area contributed by atoms with Crippen LogP contribution < -0.4 is 5.32 Å². The third-order valence-electron chi connectivity index (χ3n) is 3.93. The van der Waals surface area contributed by atoms with Crippen molar-refractivity contribution in [1.82, 2.24) is 15.3 Å². The highest BCUT2D eigenvalue weighted by Gasteiger charge is 2.36. The van der Waals surface area contributed by atoms with E-state index in [2.05, 4.69) is 22.2 Å². The molecule has 3 rings (SSSR count). The van der Waals surface area contributed by atoms with Crippen molar-refractivity contribution in [3.05, 3.63) is 36.2 Å². The summed E-state index contributed by atoms with van der Waals surface area (Å²) in [5.41, 5.74) is 2.64. The van der Waals surface area contributed by atoms with Gasteiger partial charge in [-0.05, 0) is 25.0 Å². The van der Waals surface area contributed by atoms with Gasteiger partial charge in [0.2, 0.25) is 5.91 Å². The molecule has 1 saturated heterocycles. The van der Waals surface area contributed by atoms with E-state index in [0.29, 0.717) is 6.42 Å². The van der Waals surface area contributed by atoms with Crippen LogP contribution in [0.1, 0.15) is 31.9 Å². The minimum atomic E-state index is -0.131. The van der Waals surface area contributed by atoms with E-state index in [1.54, 1.807) is 0 Å². The zero-order valence-corrected chi connectivity index (χ0v) is 11.0. The first-order valence-electron chi connectivity index (χ1n) is 6.72. The number of benzene rings is 1. The minimum absolute atomic E-state index is 0.131.